The molecule has 7 heteroatoms. The summed E-state index contributed by atoms with van der Waals surface area (Å²) in [5.74, 6) is 1.59. The third-order valence-corrected chi connectivity index (χ3v) is 6.32. The summed E-state index contributed by atoms with van der Waals surface area (Å²) < 4.78 is 10.1. The SMILES string of the molecule is COc1cccc(-c2nn(CN3CCCC3c3cccnc3)c(=S)n2-c2ccccc2)c1. The molecule has 1 aliphatic rings. The Bertz CT molecular complexity index is 1250. The Kier molecular flexibility index (Phi) is 5.83. The van der Waals surface area contributed by atoms with Gasteiger partial charge in [0.15, 0.2) is 5.82 Å². The fourth-order valence-electron chi connectivity index (χ4n) is 4.38. The molecule has 0 aliphatic carbocycles. The van der Waals surface area contributed by atoms with Crippen molar-refractivity contribution >= 4 is 12.2 Å². The van der Waals surface area contributed by atoms with Crippen molar-refractivity contribution in [1.29, 1.82) is 0 Å². The molecule has 5 rings (SSSR count). The number of para-hydroxylation sites is 1. The van der Waals surface area contributed by atoms with E-state index in [1.807, 2.05) is 70.2 Å². The van der Waals surface area contributed by atoms with E-state index in [1.165, 1.54) is 5.56 Å². The minimum absolute atomic E-state index is 0.327. The van der Waals surface area contributed by atoms with Crippen molar-refractivity contribution in [2.24, 2.45) is 0 Å². The molecule has 1 fully saturated rings. The highest BCUT2D eigenvalue weighted by molar-refractivity contribution is 7.71. The zero-order chi connectivity index (χ0) is 21.9. The van der Waals surface area contributed by atoms with Crippen molar-refractivity contribution in [3.05, 3.63) is 89.5 Å². The molecule has 6 nitrogen and oxygen atoms in total. The molecule has 162 valence electrons. The second-order valence-corrected chi connectivity index (χ2v) is 8.27. The summed E-state index contributed by atoms with van der Waals surface area (Å²) in [4.78, 5) is 6.75. The number of aromatic nitrogens is 4. The smallest absolute Gasteiger partial charge is 0.204 e. The van der Waals surface area contributed by atoms with Gasteiger partial charge in [0.05, 0.1) is 13.8 Å². The lowest BCUT2D eigenvalue weighted by molar-refractivity contribution is 0.190. The largest absolute Gasteiger partial charge is 0.497 e. The number of rotatable bonds is 6. The Morgan fingerprint density at radius 2 is 1.94 bits per heavy atom. The fourth-order valence-corrected chi connectivity index (χ4v) is 4.67. The molecule has 4 aromatic rings. The van der Waals surface area contributed by atoms with Gasteiger partial charge in [-0.3, -0.25) is 14.5 Å². The van der Waals surface area contributed by atoms with Crippen molar-refractivity contribution in [1.82, 2.24) is 24.2 Å². The van der Waals surface area contributed by atoms with E-state index in [0.717, 1.165) is 42.2 Å². The molecule has 0 amide bonds. The number of pyridine rings is 1. The predicted octanol–water partition coefficient (Wildman–Crippen LogP) is 5.27. The molecule has 2 aromatic carbocycles. The molecule has 1 aliphatic heterocycles. The van der Waals surface area contributed by atoms with Gasteiger partial charge in [0.25, 0.3) is 0 Å². The van der Waals surface area contributed by atoms with Gasteiger partial charge in [-0.05, 0) is 61.0 Å². The van der Waals surface area contributed by atoms with Gasteiger partial charge < -0.3 is 4.74 Å². The minimum Gasteiger partial charge on any atom is -0.497 e. The molecule has 2 aromatic heterocycles. The molecule has 1 atom stereocenters. The lowest BCUT2D eigenvalue weighted by Gasteiger charge is -2.24. The van der Waals surface area contributed by atoms with Crippen molar-refractivity contribution in [3.63, 3.8) is 0 Å². The molecule has 1 unspecified atom stereocenters. The van der Waals surface area contributed by atoms with Crippen LogP contribution in [0, 0.1) is 4.77 Å². The standard InChI is InChI=1S/C25H25N5OS/c1-31-22-12-5-8-19(16-22)24-27-29(25(32)30(24)21-10-3-2-4-11-21)18-28-15-7-13-23(28)20-9-6-14-26-17-20/h2-6,8-12,14,16-17,23H,7,13,15,18H2,1H3. The first-order valence-electron chi connectivity index (χ1n) is 10.8. The maximum atomic E-state index is 5.94. The van der Waals surface area contributed by atoms with Crippen LogP contribution < -0.4 is 4.74 Å². The van der Waals surface area contributed by atoms with Crippen LogP contribution in [0.1, 0.15) is 24.4 Å². The van der Waals surface area contributed by atoms with Crippen LogP contribution in [0.3, 0.4) is 0 Å². The third-order valence-electron chi connectivity index (χ3n) is 5.93. The summed E-state index contributed by atoms with van der Waals surface area (Å²) in [6, 6.07) is 22.6. The molecule has 0 N–H and O–H groups in total. The van der Waals surface area contributed by atoms with Gasteiger partial charge >= 0.3 is 0 Å². The van der Waals surface area contributed by atoms with Crippen molar-refractivity contribution in [2.75, 3.05) is 13.7 Å². The second-order valence-electron chi connectivity index (χ2n) is 7.91. The van der Waals surface area contributed by atoms with Gasteiger partial charge in [0, 0.05) is 36.2 Å². The average Bonchev–Trinajstić information content (AvgIpc) is 3.45. The van der Waals surface area contributed by atoms with Gasteiger partial charge in [0.2, 0.25) is 4.77 Å². The maximum Gasteiger partial charge on any atom is 0.204 e. The highest BCUT2D eigenvalue weighted by atomic mass is 32.1. The summed E-state index contributed by atoms with van der Waals surface area (Å²) in [6.07, 6.45) is 6.05. The van der Waals surface area contributed by atoms with Crippen LogP contribution in [0.4, 0.5) is 0 Å². The topological polar surface area (TPSA) is 48.1 Å². The van der Waals surface area contributed by atoms with Gasteiger partial charge in [-0.1, -0.05) is 36.4 Å². The van der Waals surface area contributed by atoms with Crippen molar-refractivity contribution in [2.45, 2.75) is 25.6 Å². The molecule has 0 bridgehead atoms. The molecular weight excluding hydrogens is 418 g/mol. The summed E-state index contributed by atoms with van der Waals surface area (Å²) >= 11 is 5.94. The molecule has 0 saturated carbocycles. The molecule has 32 heavy (non-hydrogen) atoms. The first-order chi connectivity index (χ1) is 15.7. The van der Waals surface area contributed by atoms with Crippen LogP contribution in [0.15, 0.2) is 79.1 Å². The highest BCUT2D eigenvalue weighted by Crippen LogP contribution is 2.32. The summed E-state index contributed by atoms with van der Waals surface area (Å²) in [5.41, 5.74) is 3.20. The van der Waals surface area contributed by atoms with E-state index in [2.05, 4.69) is 28.1 Å². The van der Waals surface area contributed by atoms with E-state index in [9.17, 15) is 0 Å². The van der Waals surface area contributed by atoms with E-state index < -0.39 is 0 Å². The quantitative estimate of drug-likeness (QED) is 0.380. The number of methoxy groups -OCH3 is 1. The number of likely N-dealkylation sites (tertiary alicyclic amines) is 1. The molecule has 3 heterocycles. The first-order valence-corrected chi connectivity index (χ1v) is 11.2. The van der Waals surface area contributed by atoms with Crippen LogP contribution in [0.2, 0.25) is 0 Å². The number of nitrogens with zero attached hydrogens (tertiary/aromatic N) is 5. The number of hydrogen-bond acceptors (Lipinski definition) is 5. The van der Waals surface area contributed by atoms with Gasteiger partial charge in [0.1, 0.15) is 5.75 Å². The van der Waals surface area contributed by atoms with Crippen LogP contribution >= 0.6 is 12.2 Å². The van der Waals surface area contributed by atoms with E-state index in [-0.39, 0.29) is 0 Å². The lowest BCUT2D eigenvalue weighted by Crippen LogP contribution is -2.27. The van der Waals surface area contributed by atoms with Gasteiger partial charge in [-0.2, -0.15) is 0 Å². The Hall–Kier alpha value is -3.29. The lowest BCUT2D eigenvalue weighted by atomic mass is 10.1. The third kappa shape index (κ3) is 3.97. The minimum atomic E-state index is 0.327. The summed E-state index contributed by atoms with van der Waals surface area (Å²) in [6.45, 7) is 1.64. The maximum absolute atomic E-state index is 5.94. The molecule has 0 radical (unpaired) electrons. The second kappa shape index (κ2) is 9.06. The van der Waals surface area contributed by atoms with Crippen molar-refractivity contribution in [3.8, 4) is 22.8 Å². The number of ether oxygens (including phenoxy) is 1. The highest BCUT2D eigenvalue weighted by Gasteiger charge is 2.27. The Morgan fingerprint density at radius 3 is 2.72 bits per heavy atom. The average molecular weight is 444 g/mol. The molecule has 0 spiro atoms. The predicted molar refractivity (Wildman–Crippen MR) is 127 cm³/mol. The normalized spacial score (nSPS) is 16.3. The van der Waals surface area contributed by atoms with E-state index in [4.69, 9.17) is 22.1 Å². The number of hydrogen-bond donors (Lipinski definition) is 0. The Morgan fingerprint density at radius 1 is 1.06 bits per heavy atom. The van der Waals surface area contributed by atoms with Gasteiger partial charge in [-0.25, -0.2) is 4.68 Å². The zero-order valence-electron chi connectivity index (χ0n) is 18.0. The molecule has 1 saturated heterocycles. The van der Waals surface area contributed by atoms with E-state index in [1.54, 1.807) is 7.11 Å². The molecular formula is C25H25N5OS. The monoisotopic (exact) mass is 443 g/mol. The zero-order valence-corrected chi connectivity index (χ0v) is 18.8. The summed E-state index contributed by atoms with van der Waals surface area (Å²) in [7, 11) is 1.67. The van der Waals surface area contributed by atoms with Crippen LogP contribution in [-0.2, 0) is 6.67 Å². The number of benzene rings is 2. The Labute approximate surface area is 192 Å². The van der Waals surface area contributed by atoms with Crippen LogP contribution in [0.5, 0.6) is 5.75 Å². The Balaban J connectivity index is 1.56. The van der Waals surface area contributed by atoms with E-state index >= 15 is 0 Å². The van der Waals surface area contributed by atoms with Crippen molar-refractivity contribution < 1.29 is 4.74 Å². The summed E-state index contributed by atoms with van der Waals surface area (Å²) in [5, 5.41) is 4.99. The first kappa shape index (κ1) is 20.6. The van der Waals surface area contributed by atoms with Crippen LogP contribution in [-0.4, -0.2) is 37.9 Å². The van der Waals surface area contributed by atoms with Gasteiger partial charge in [-0.15, -0.1) is 5.10 Å². The van der Waals surface area contributed by atoms with E-state index in [0.29, 0.717) is 17.5 Å². The van der Waals surface area contributed by atoms with Crippen LogP contribution in [0.25, 0.3) is 17.1 Å². The fraction of sp³-hybridized carbons (Fsp3) is 0.240.